The monoisotopic (exact) mass is 459 g/mol. The maximum atomic E-state index is 12.8. The summed E-state index contributed by atoms with van der Waals surface area (Å²) in [7, 11) is -6.14. The molecule has 0 amide bonds. The van der Waals surface area contributed by atoms with Crippen LogP contribution in [0.5, 0.6) is 0 Å². The topological polar surface area (TPSA) is 207 Å². The maximum absolute atomic E-state index is 12.8. The highest BCUT2D eigenvalue weighted by molar-refractivity contribution is 7.90. The molecule has 0 spiro atoms. The number of amidine groups is 1. The third-order valence-corrected chi connectivity index (χ3v) is 7.70. The van der Waals surface area contributed by atoms with Crippen molar-refractivity contribution in [3.8, 4) is 0 Å². The summed E-state index contributed by atoms with van der Waals surface area (Å²) in [6.45, 7) is 4.02. The first-order valence-corrected chi connectivity index (χ1v) is 12.3. The van der Waals surface area contributed by atoms with Gasteiger partial charge in [-0.3, -0.25) is 0 Å². The SMILES string of the molecule is NCCCNS(=O)c1ccc(N2C[C@H]3CNC[C@H]3C2)c(/C(N)=N/NN)c1S(N)(=O)=O. The van der Waals surface area contributed by atoms with Gasteiger partial charge in [0.25, 0.3) is 0 Å². The van der Waals surface area contributed by atoms with Crippen molar-refractivity contribution < 1.29 is 12.6 Å². The number of rotatable bonds is 9. The van der Waals surface area contributed by atoms with Gasteiger partial charge in [0.05, 0.1) is 10.5 Å². The molecule has 14 heteroatoms. The van der Waals surface area contributed by atoms with Crippen molar-refractivity contribution in [1.82, 2.24) is 15.6 Å². The zero-order valence-corrected chi connectivity index (χ0v) is 18.1. The minimum absolute atomic E-state index is 0.00417. The van der Waals surface area contributed by atoms with E-state index < -0.39 is 21.0 Å². The predicted molar refractivity (Wildman–Crippen MR) is 116 cm³/mol. The molecular formula is C16H29N9O3S2. The first kappa shape index (κ1) is 22.9. The number of hydrogen-bond donors (Lipinski definition) is 7. The molecule has 0 aromatic heterocycles. The van der Waals surface area contributed by atoms with Crippen LogP contribution >= 0.6 is 0 Å². The largest absolute Gasteiger partial charge is 0.382 e. The second-order valence-electron chi connectivity index (χ2n) is 7.35. The van der Waals surface area contributed by atoms with Gasteiger partial charge in [-0.2, -0.15) is 0 Å². The van der Waals surface area contributed by atoms with Gasteiger partial charge in [0.2, 0.25) is 10.0 Å². The molecule has 1 unspecified atom stereocenters. The van der Waals surface area contributed by atoms with Crippen molar-refractivity contribution in [2.45, 2.75) is 16.2 Å². The number of nitrogens with zero attached hydrogens (tertiary/aromatic N) is 2. The Balaban J connectivity index is 2.12. The van der Waals surface area contributed by atoms with E-state index in [4.69, 9.17) is 22.4 Å². The van der Waals surface area contributed by atoms with E-state index in [-0.39, 0.29) is 21.2 Å². The Morgan fingerprint density at radius 3 is 2.53 bits per heavy atom. The van der Waals surface area contributed by atoms with Gasteiger partial charge < -0.3 is 21.7 Å². The van der Waals surface area contributed by atoms with Gasteiger partial charge in [0.15, 0.2) is 5.84 Å². The molecule has 2 heterocycles. The summed E-state index contributed by atoms with van der Waals surface area (Å²) in [6, 6.07) is 3.20. The molecule has 2 aliphatic heterocycles. The molecule has 0 bridgehead atoms. The van der Waals surface area contributed by atoms with E-state index in [2.05, 4.69) is 25.6 Å². The second kappa shape index (κ2) is 9.55. The maximum Gasteiger partial charge on any atom is 0.240 e. The molecule has 12 nitrogen and oxygen atoms in total. The first-order chi connectivity index (χ1) is 14.3. The molecular weight excluding hydrogens is 430 g/mol. The number of anilines is 1. The molecule has 1 aromatic carbocycles. The number of benzene rings is 1. The van der Waals surface area contributed by atoms with E-state index in [9.17, 15) is 12.6 Å². The number of nitrogens with one attached hydrogen (secondary N) is 3. The minimum atomic E-state index is -4.30. The quantitative estimate of drug-likeness (QED) is 0.0660. The lowest BCUT2D eigenvalue weighted by molar-refractivity contribution is 0.533. The summed E-state index contributed by atoms with van der Waals surface area (Å²) < 4.78 is 40.7. The Morgan fingerprint density at radius 2 is 1.97 bits per heavy atom. The lowest BCUT2D eigenvalue weighted by Gasteiger charge is -2.25. The second-order valence-corrected chi connectivity index (χ2v) is 10.1. The van der Waals surface area contributed by atoms with Gasteiger partial charge in [-0.05, 0) is 36.9 Å². The molecule has 0 saturated carbocycles. The normalized spacial score (nSPS) is 22.9. The molecule has 2 fully saturated rings. The van der Waals surface area contributed by atoms with Gasteiger partial charge in [-0.25, -0.2) is 33.9 Å². The summed E-state index contributed by atoms with van der Waals surface area (Å²) in [4.78, 5) is 1.74. The molecule has 3 rings (SSSR count). The molecule has 11 N–H and O–H groups in total. The number of hydrazine groups is 1. The number of hydrogen-bond acceptors (Lipinski definition) is 9. The highest BCUT2D eigenvalue weighted by atomic mass is 32.2. The van der Waals surface area contributed by atoms with Gasteiger partial charge in [0.1, 0.15) is 15.9 Å². The van der Waals surface area contributed by atoms with Crippen molar-refractivity contribution in [3.05, 3.63) is 17.7 Å². The van der Waals surface area contributed by atoms with Crippen LogP contribution in [0.3, 0.4) is 0 Å². The molecule has 168 valence electrons. The Hall–Kier alpha value is -1.81. The van der Waals surface area contributed by atoms with Crippen LogP contribution in [0.25, 0.3) is 0 Å². The van der Waals surface area contributed by atoms with Crippen LogP contribution < -0.4 is 42.9 Å². The summed E-state index contributed by atoms with van der Waals surface area (Å²) in [5, 5.41) is 12.7. The predicted octanol–water partition coefficient (Wildman–Crippen LogP) is -2.97. The van der Waals surface area contributed by atoms with Crippen molar-refractivity contribution in [1.29, 1.82) is 0 Å². The third kappa shape index (κ3) is 4.74. The Labute approximate surface area is 178 Å². The highest BCUT2D eigenvalue weighted by Crippen LogP contribution is 2.36. The van der Waals surface area contributed by atoms with Crippen molar-refractivity contribution >= 4 is 32.5 Å². The van der Waals surface area contributed by atoms with Crippen molar-refractivity contribution in [2.24, 2.45) is 39.4 Å². The molecule has 1 aromatic rings. The van der Waals surface area contributed by atoms with Crippen LogP contribution in [0.4, 0.5) is 5.69 Å². The van der Waals surface area contributed by atoms with E-state index in [1.165, 1.54) is 6.07 Å². The Bertz CT molecular complexity index is 926. The number of sulfonamides is 1. The smallest absolute Gasteiger partial charge is 0.240 e. The molecule has 0 radical (unpaired) electrons. The van der Waals surface area contributed by atoms with Crippen LogP contribution in [0.15, 0.2) is 27.0 Å². The van der Waals surface area contributed by atoms with Gasteiger partial charge >= 0.3 is 0 Å². The van der Waals surface area contributed by atoms with E-state index >= 15 is 0 Å². The van der Waals surface area contributed by atoms with Crippen LogP contribution in [0.1, 0.15) is 12.0 Å². The standard InChI is InChI=1S/C16H29N9O3S2/c17-4-1-5-22-29(26)13-3-2-12(25-8-10-6-21-7-11(10)9-25)14(16(18)23-24-19)15(13)30(20,27)28/h2-3,10-11,21-22,24H,1,4-9,17,19H2,(H2,18,23)(H2,20,27,28)/t10-,11+,29?. The molecule has 2 saturated heterocycles. The van der Waals surface area contributed by atoms with Gasteiger partial charge in [0, 0.05) is 38.4 Å². The van der Waals surface area contributed by atoms with E-state index in [1.54, 1.807) is 6.07 Å². The van der Waals surface area contributed by atoms with E-state index in [0.717, 1.165) is 26.2 Å². The zero-order valence-electron chi connectivity index (χ0n) is 16.5. The fraction of sp³-hybridized carbons (Fsp3) is 0.562. The number of primary sulfonamides is 1. The van der Waals surface area contributed by atoms with E-state index in [1.807, 2.05) is 0 Å². The number of nitrogens with two attached hydrogens (primary N) is 4. The summed E-state index contributed by atoms with van der Waals surface area (Å²) in [5.74, 6) is 6.02. The average Bonchev–Trinajstić information content (AvgIpc) is 3.28. The molecule has 2 aliphatic rings. The molecule has 3 atom stereocenters. The van der Waals surface area contributed by atoms with Gasteiger partial charge in [-0.1, -0.05) is 0 Å². The van der Waals surface area contributed by atoms with Crippen molar-refractivity contribution in [3.63, 3.8) is 0 Å². The fourth-order valence-electron chi connectivity index (χ4n) is 4.01. The summed E-state index contributed by atoms with van der Waals surface area (Å²) in [6.07, 6.45) is 0.576. The number of hydrazone groups is 1. The fourth-order valence-corrected chi connectivity index (χ4v) is 6.38. The van der Waals surface area contributed by atoms with Crippen LogP contribution in [0, 0.1) is 11.8 Å². The zero-order chi connectivity index (χ0) is 21.9. The van der Waals surface area contributed by atoms with Crippen molar-refractivity contribution in [2.75, 3.05) is 44.2 Å². The summed E-state index contributed by atoms with van der Waals surface area (Å²) >= 11 is 0. The van der Waals surface area contributed by atoms with E-state index in [0.29, 0.717) is 37.0 Å². The van der Waals surface area contributed by atoms with Crippen LogP contribution in [-0.2, 0) is 21.0 Å². The Kier molecular flexibility index (Phi) is 7.28. The van der Waals surface area contributed by atoms with Crippen LogP contribution in [-0.4, -0.2) is 57.7 Å². The first-order valence-electron chi connectivity index (χ1n) is 9.57. The lowest BCUT2D eigenvalue weighted by Crippen LogP contribution is -2.33. The molecule has 30 heavy (non-hydrogen) atoms. The van der Waals surface area contributed by atoms with Gasteiger partial charge in [-0.15, -0.1) is 5.10 Å². The average molecular weight is 460 g/mol. The van der Waals surface area contributed by atoms with Crippen LogP contribution in [0.2, 0.25) is 0 Å². The summed E-state index contributed by atoms with van der Waals surface area (Å²) in [5.41, 5.74) is 14.3. The lowest BCUT2D eigenvalue weighted by atomic mass is 10.0. The Morgan fingerprint density at radius 1 is 1.30 bits per heavy atom. The highest BCUT2D eigenvalue weighted by Gasteiger charge is 2.38. The minimum Gasteiger partial charge on any atom is -0.382 e. The third-order valence-electron chi connectivity index (χ3n) is 5.37. The molecule has 0 aliphatic carbocycles. The number of fused-ring (bicyclic) bond motifs is 1.